The van der Waals surface area contributed by atoms with Gasteiger partial charge in [-0.25, -0.2) is 4.39 Å². The number of benzene rings is 1. The van der Waals surface area contributed by atoms with Crippen LogP contribution in [0.15, 0.2) is 18.2 Å². The van der Waals surface area contributed by atoms with Crippen LogP contribution in [0.5, 0.6) is 0 Å². The molecule has 2 nitrogen and oxygen atoms in total. The van der Waals surface area contributed by atoms with Crippen LogP contribution >= 0.6 is 11.6 Å². The summed E-state index contributed by atoms with van der Waals surface area (Å²) in [5.74, 6) is -0.314. The van der Waals surface area contributed by atoms with Crippen LogP contribution < -0.4 is 5.32 Å². The van der Waals surface area contributed by atoms with E-state index in [1.165, 1.54) is 12.1 Å². The van der Waals surface area contributed by atoms with Crippen LogP contribution in [0, 0.1) is 5.82 Å². The van der Waals surface area contributed by atoms with E-state index < -0.39 is 0 Å². The predicted molar refractivity (Wildman–Crippen MR) is 58.9 cm³/mol. The lowest BCUT2D eigenvalue weighted by atomic mass is 10.1. The van der Waals surface area contributed by atoms with Gasteiger partial charge in [0.1, 0.15) is 5.82 Å². The Balaban J connectivity index is 2.03. The number of ether oxygens (including phenoxy) is 1. The van der Waals surface area contributed by atoms with Crippen molar-refractivity contribution in [3.63, 3.8) is 0 Å². The number of hydrogen-bond acceptors (Lipinski definition) is 2. The van der Waals surface area contributed by atoms with Crippen LogP contribution in [0.1, 0.15) is 12.8 Å². The fourth-order valence-corrected chi connectivity index (χ4v) is 1.90. The Morgan fingerprint density at radius 2 is 2.33 bits per heavy atom. The molecule has 1 aromatic rings. The molecule has 1 fully saturated rings. The molecule has 1 aliphatic rings. The summed E-state index contributed by atoms with van der Waals surface area (Å²) in [5, 5.41) is 3.67. The van der Waals surface area contributed by atoms with Gasteiger partial charge in [-0.1, -0.05) is 11.6 Å². The molecule has 1 aromatic carbocycles. The monoisotopic (exact) mass is 229 g/mol. The average Bonchev–Trinajstić information content (AvgIpc) is 2.24. The molecule has 1 N–H and O–H groups in total. The zero-order chi connectivity index (χ0) is 10.7. The molecule has 15 heavy (non-hydrogen) atoms. The molecule has 1 saturated heterocycles. The van der Waals surface area contributed by atoms with E-state index in [0.29, 0.717) is 11.6 Å². The van der Waals surface area contributed by atoms with E-state index in [4.69, 9.17) is 16.3 Å². The maximum absolute atomic E-state index is 12.8. The van der Waals surface area contributed by atoms with Crippen LogP contribution in [-0.4, -0.2) is 19.3 Å². The molecule has 0 aromatic heterocycles. The van der Waals surface area contributed by atoms with E-state index in [-0.39, 0.29) is 11.9 Å². The van der Waals surface area contributed by atoms with Gasteiger partial charge in [-0.3, -0.25) is 0 Å². The van der Waals surface area contributed by atoms with Gasteiger partial charge in [0.2, 0.25) is 0 Å². The first-order valence-corrected chi connectivity index (χ1v) is 5.43. The number of halogens is 2. The van der Waals surface area contributed by atoms with Crippen molar-refractivity contribution >= 4 is 17.3 Å². The Hall–Kier alpha value is -0.800. The first kappa shape index (κ1) is 10.7. The summed E-state index contributed by atoms with van der Waals surface area (Å²) in [4.78, 5) is 0. The molecule has 1 aliphatic heterocycles. The van der Waals surface area contributed by atoms with E-state index in [1.54, 1.807) is 6.07 Å². The fourth-order valence-electron chi connectivity index (χ4n) is 1.68. The SMILES string of the molecule is Fc1ccc(NC2CCCOC2)c(Cl)c1. The molecule has 1 heterocycles. The lowest BCUT2D eigenvalue weighted by Gasteiger charge is -2.24. The highest BCUT2D eigenvalue weighted by Gasteiger charge is 2.14. The first-order valence-electron chi connectivity index (χ1n) is 5.05. The molecule has 0 saturated carbocycles. The lowest BCUT2D eigenvalue weighted by molar-refractivity contribution is 0.0876. The Morgan fingerprint density at radius 3 is 3.00 bits per heavy atom. The molecular formula is C11H13ClFNO. The van der Waals surface area contributed by atoms with E-state index in [1.807, 2.05) is 0 Å². The highest BCUT2D eigenvalue weighted by Crippen LogP contribution is 2.24. The van der Waals surface area contributed by atoms with Gasteiger partial charge in [0.15, 0.2) is 0 Å². The van der Waals surface area contributed by atoms with Crippen LogP contribution in [0.25, 0.3) is 0 Å². The number of rotatable bonds is 2. The smallest absolute Gasteiger partial charge is 0.124 e. The lowest BCUT2D eigenvalue weighted by Crippen LogP contribution is -2.30. The van der Waals surface area contributed by atoms with Crippen molar-refractivity contribution in [3.8, 4) is 0 Å². The second-order valence-electron chi connectivity index (χ2n) is 3.68. The number of nitrogens with one attached hydrogen (secondary N) is 1. The molecular weight excluding hydrogens is 217 g/mol. The van der Waals surface area contributed by atoms with Gasteiger partial charge in [0.25, 0.3) is 0 Å². The van der Waals surface area contributed by atoms with E-state index in [0.717, 1.165) is 25.1 Å². The molecule has 82 valence electrons. The average molecular weight is 230 g/mol. The van der Waals surface area contributed by atoms with Crippen molar-refractivity contribution in [1.29, 1.82) is 0 Å². The molecule has 1 atom stereocenters. The van der Waals surface area contributed by atoms with Gasteiger partial charge in [0.05, 0.1) is 17.3 Å². The summed E-state index contributed by atoms with van der Waals surface area (Å²) in [7, 11) is 0. The van der Waals surface area contributed by atoms with Crippen LogP contribution in [0.2, 0.25) is 5.02 Å². The second-order valence-corrected chi connectivity index (χ2v) is 4.09. The third-order valence-corrected chi connectivity index (χ3v) is 2.76. The third kappa shape index (κ3) is 2.83. The van der Waals surface area contributed by atoms with Crippen molar-refractivity contribution in [2.24, 2.45) is 0 Å². The summed E-state index contributed by atoms with van der Waals surface area (Å²) in [5.41, 5.74) is 0.772. The van der Waals surface area contributed by atoms with Gasteiger partial charge in [-0.2, -0.15) is 0 Å². The largest absolute Gasteiger partial charge is 0.379 e. The van der Waals surface area contributed by atoms with E-state index >= 15 is 0 Å². The van der Waals surface area contributed by atoms with E-state index in [2.05, 4.69) is 5.32 Å². The minimum absolute atomic E-state index is 0.279. The molecule has 1 unspecified atom stereocenters. The Labute approximate surface area is 93.4 Å². The van der Waals surface area contributed by atoms with E-state index in [9.17, 15) is 4.39 Å². The molecule has 0 amide bonds. The second kappa shape index (κ2) is 4.81. The molecule has 2 rings (SSSR count). The molecule has 0 radical (unpaired) electrons. The maximum atomic E-state index is 12.8. The zero-order valence-electron chi connectivity index (χ0n) is 8.30. The molecule has 0 spiro atoms. The van der Waals surface area contributed by atoms with Gasteiger partial charge in [-0.05, 0) is 31.0 Å². The highest BCUT2D eigenvalue weighted by atomic mass is 35.5. The topological polar surface area (TPSA) is 21.3 Å². The Bertz CT molecular complexity index is 339. The summed E-state index contributed by atoms with van der Waals surface area (Å²) in [6.45, 7) is 1.52. The summed E-state index contributed by atoms with van der Waals surface area (Å²) in [6, 6.07) is 4.65. The van der Waals surface area contributed by atoms with Crippen LogP contribution in [-0.2, 0) is 4.74 Å². The first-order chi connectivity index (χ1) is 7.25. The van der Waals surface area contributed by atoms with Crippen LogP contribution in [0.4, 0.5) is 10.1 Å². The zero-order valence-corrected chi connectivity index (χ0v) is 9.06. The van der Waals surface area contributed by atoms with Crippen molar-refractivity contribution in [3.05, 3.63) is 29.0 Å². The number of anilines is 1. The van der Waals surface area contributed by atoms with Crippen molar-refractivity contribution in [1.82, 2.24) is 0 Å². The standard InChI is InChI=1S/C11H13ClFNO/c12-10-6-8(13)3-4-11(10)14-9-2-1-5-15-7-9/h3-4,6,9,14H,1-2,5,7H2. The number of hydrogen-bond donors (Lipinski definition) is 1. The third-order valence-electron chi connectivity index (χ3n) is 2.45. The molecule has 0 aliphatic carbocycles. The van der Waals surface area contributed by atoms with Gasteiger partial charge < -0.3 is 10.1 Å². The minimum atomic E-state index is -0.314. The summed E-state index contributed by atoms with van der Waals surface area (Å²) >= 11 is 5.91. The van der Waals surface area contributed by atoms with Gasteiger partial charge in [0, 0.05) is 12.6 Å². The summed E-state index contributed by atoms with van der Waals surface area (Å²) < 4.78 is 18.1. The quantitative estimate of drug-likeness (QED) is 0.842. The summed E-state index contributed by atoms with van der Waals surface area (Å²) in [6.07, 6.45) is 2.12. The highest BCUT2D eigenvalue weighted by molar-refractivity contribution is 6.33. The normalized spacial score (nSPS) is 21.3. The maximum Gasteiger partial charge on any atom is 0.124 e. The van der Waals surface area contributed by atoms with Crippen molar-refractivity contribution in [2.75, 3.05) is 18.5 Å². The Morgan fingerprint density at radius 1 is 1.47 bits per heavy atom. The van der Waals surface area contributed by atoms with Gasteiger partial charge >= 0.3 is 0 Å². The van der Waals surface area contributed by atoms with Crippen molar-refractivity contribution in [2.45, 2.75) is 18.9 Å². The Kier molecular flexibility index (Phi) is 3.44. The predicted octanol–water partition coefficient (Wildman–Crippen LogP) is 3.07. The molecule has 0 bridgehead atoms. The van der Waals surface area contributed by atoms with Gasteiger partial charge in [-0.15, -0.1) is 0 Å². The van der Waals surface area contributed by atoms with Crippen LogP contribution in [0.3, 0.4) is 0 Å². The van der Waals surface area contributed by atoms with Crippen molar-refractivity contribution < 1.29 is 9.13 Å². The fraction of sp³-hybridized carbons (Fsp3) is 0.455. The minimum Gasteiger partial charge on any atom is -0.379 e. The molecule has 4 heteroatoms.